The number of aliphatic carboxylic acids is 1. The van der Waals surface area contributed by atoms with E-state index in [0.29, 0.717) is 11.7 Å². The molecule has 0 bridgehead atoms. The minimum absolute atomic E-state index is 0.0307. The highest BCUT2D eigenvalue weighted by Crippen LogP contribution is 2.00. The lowest BCUT2D eigenvalue weighted by Gasteiger charge is -2.04. The molecule has 0 aliphatic heterocycles. The molecule has 0 radical (unpaired) electrons. The number of amides is 3. The number of carbonyl (C=O) groups excluding carboxylic acids is 2. The second kappa shape index (κ2) is 7.11. The molecule has 9 heteroatoms. The van der Waals surface area contributed by atoms with Gasteiger partial charge in [-0.3, -0.25) is 10.1 Å². The van der Waals surface area contributed by atoms with Gasteiger partial charge in [0.1, 0.15) is 19.0 Å². The summed E-state index contributed by atoms with van der Waals surface area (Å²) in [6.07, 6.45) is 1.50. The molecule has 0 aromatic carbocycles. The Morgan fingerprint density at radius 2 is 2.16 bits per heavy atom. The van der Waals surface area contributed by atoms with Crippen molar-refractivity contribution in [2.24, 2.45) is 0 Å². The molecule has 3 N–H and O–H groups in total. The van der Waals surface area contributed by atoms with Gasteiger partial charge in [0.15, 0.2) is 0 Å². The first-order valence-electron chi connectivity index (χ1n) is 5.26. The summed E-state index contributed by atoms with van der Waals surface area (Å²) in [7, 11) is 0. The van der Waals surface area contributed by atoms with Gasteiger partial charge in [0.05, 0.1) is 12.7 Å². The van der Waals surface area contributed by atoms with Crippen LogP contribution in [0, 0.1) is 6.92 Å². The molecule has 3 amide bonds. The van der Waals surface area contributed by atoms with E-state index in [2.05, 4.69) is 15.0 Å². The van der Waals surface area contributed by atoms with E-state index in [1.165, 1.54) is 6.20 Å². The van der Waals surface area contributed by atoms with Crippen molar-refractivity contribution in [3.63, 3.8) is 0 Å². The van der Waals surface area contributed by atoms with Crippen molar-refractivity contribution in [2.75, 3.05) is 13.2 Å². The minimum Gasteiger partial charge on any atom is -0.480 e. The normalized spacial score (nSPS) is 9.95. The highest BCUT2D eigenvalue weighted by molar-refractivity contribution is 5.94. The molecule has 0 spiro atoms. The Kier molecular flexibility index (Phi) is 5.48. The number of aromatic nitrogens is 1. The number of hydrogen-bond donors (Lipinski definition) is 3. The van der Waals surface area contributed by atoms with Gasteiger partial charge >= 0.3 is 12.0 Å². The quantitative estimate of drug-likeness (QED) is 0.630. The second-order valence-corrected chi connectivity index (χ2v) is 3.48. The Morgan fingerprint density at radius 3 is 2.74 bits per heavy atom. The van der Waals surface area contributed by atoms with Crippen LogP contribution in [0.15, 0.2) is 10.6 Å². The summed E-state index contributed by atoms with van der Waals surface area (Å²) in [6.45, 7) is 0.616. The summed E-state index contributed by atoms with van der Waals surface area (Å²) in [4.78, 5) is 36.3. The van der Waals surface area contributed by atoms with Crippen LogP contribution in [-0.4, -0.2) is 41.2 Å². The third-order valence-electron chi connectivity index (χ3n) is 1.78. The number of hydrogen-bond acceptors (Lipinski definition) is 6. The van der Waals surface area contributed by atoms with Crippen molar-refractivity contribution >= 4 is 17.9 Å². The van der Waals surface area contributed by atoms with Crippen LogP contribution in [-0.2, 0) is 20.9 Å². The molecule has 0 aliphatic carbocycles. The van der Waals surface area contributed by atoms with Gasteiger partial charge < -0.3 is 19.6 Å². The lowest BCUT2D eigenvalue weighted by Crippen LogP contribution is -2.41. The minimum atomic E-state index is -1.20. The van der Waals surface area contributed by atoms with E-state index in [9.17, 15) is 14.4 Å². The number of imide groups is 1. The fraction of sp³-hybridized carbons (Fsp3) is 0.400. The maximum Gasteiger partial charge on any atom is 0.329 e. The van der Waals surface area contributed by atoms with Gasteiger partial charge in [-0.15, -0.1) is 0 Å². The van der Waals surface area contributed by atoms with Gasteiger partial charge in [0.25, 0.3) is 5.91 Å². The number of carbonyl (C=O) groups is 3. The van der Waals surface area contributed by atoms with E-state index in [4.69, 9.17) is 9.52 Å². The van der Waals surface area contributed by atoms with Crippen molar-refractivity contribution in [1.29, 1.82) is 0 Å². The summed E-state index contributed by atoms with van der Waals surface area (Å²) in [5.74, 6) is -1.03. The predicted octanol–water partition coefficient (Wildman–Crippen LogP) is -0.590. The number of aryl methyl sites for hydroxylation is 1. The summed E-state index contributed by atoms with van der Waals surface area (Å²) in [6, 6.07) is -0.750. The van der Waals surface area contributed by atoms with Crippen molar-refractivity contribution in [3.8, 4) is 0 Å². The Morgan fingerprint density at radius 1 is 1.42 bits per heavy atom. The largest absolute Gasteiger partial charge is 0.480 e. The van der Waals surface area contributed by atoms with Crippen LogP contribution in [0.1, 0.15) is 11.7 Å². The highest BCUT2D eigenvalue weighted by atomic mass is 16.5. The number of ether oxygens (including phenoxy) is 1. The monoisotopic (exact) mass is 271 g/mol. The molecular formula is C10H13N3O6. The smallest absolute Gasteiger partial charge is 0.329 e. The number of nitrogens with one attached hydrogen (secondary N) is 2. The third-order valence-corrected chi connectivity index (χ3v) is 1.78. The Hall–Kier alpha value is -2.42. The second-order valence-electron chi connectivity index (χ2n) is 3.48. The molecular weight excluding hydrogens is 258 g/mol. The standard InChI is InChI=1S/C10H13N3O6/c1-6-2-11-8(19-6)3-12-10(17)13-7(14)4-18-5-9(15)16/h2H,3-5H2,1H3,(H,15,16)(H2,12,13,14,17). The van der Waals surface area contributed by atoms with Crippen molar-refractivity contribution < 1.29 is 28.6 Å². The molecule has 1 rings (SSSR count). The highest BCUT2D eigenvalue weighted by Gasteiger charge is 2.09. The number of carboxylic acid groups (broad SMARTS) is 1. The maximum atomic E-state index is 11.2. The van der Waals surface area contributed by atoms with E-state index in [1.807, 2.05) is 5.32 Å². The van der Waals surface area contributed by atoms with E-state index in [-0.39, 0.29) is 6.54 Å². The van der Waals surface area contributed by atoms with Crippen LogP contribution in [0.3, 0.4) is 0 Å². The van der Waals surface area contributed by atoms with Crippen LogP contribution in [0.2, 0.25) is 0 Å². The molecule has 0 saturated heterocycles. The van der Waals surface area contributed by atoms with Crippen LogP contribution in [0.25, 0.3) is 0 Å². The Labute approximate surface area is 107 Å². The number of carboxylic acids is 1. The van der Waals surface area contributed by atoms with Crippen molar-refractivity contribution in [2.45, 2.75) is 13.5 Å². The molecule has 9 nitrogen and oxygen atoms in total. The van der Waals surface area contributed by atoms with Gasteiger partial charge in [0.2, 0.25) is 5.89 Å². The first-order chi connectivity index (χ1) is 8.97. The average molecular weight is 271 g/mol. The Balaban J connectivity index is 2.19. The molecule has 0 fully saturated rings. The first-order valence-corrected chi connectivity index (χ1v) is 5.26. The molecule has 1 aromatic heterocycles. The third kappa shape index (κ3) is 6.17. The van der Waals surface area contributed by atoms with Crippen LogP contribution in [0.4, 0.5) is 4.79 Å². The molecule has 19 heavy (non-hydrogen) atoms. The van der Waals surface area contributed by atoms with E-state index in [1.54, 1.807) is 6.92 Å². The average Bonchev–Trinajstić information content (AvgIpc) is 2.72. The maximum absolute atomic E-state index is 11.2. The lowest BCUT2D eigenvalue weighted by atomic mass is 10.6. The summed E-state index contributed by atoms with van der Waals surface area (Å²) in [5, 5.41) is 12.6. The molecule has 0 atom stereocenters. The van der Waals surface area contributed by atoms with Crippen LogP contribution < -0.4 is 10.6 Å². The zero-order valence-electron chi connectivity index (χ0n) is 10.1. The lowest BCUT2D eigenvalue weighted by molar-refractivity contribution is -0.143. The number of rotatable bonds is 6. The van der Waals surface area contributed by atoms with Gasteiger partial charge in [-0.2, -0.15) is 0 Å². The summed E-state index contributed by atoms with van der Waals surface area (Å²) < 4.78 is 9.60. The fourth-order valence-corrected chi connectivity index (χ4v) is 1.08. The van der Waals surface area contributed by atoms with E-state index >= 15 is 0 Å². The van der Waals surface area contributed by atoms with E-state index in [0.717, 1.165) is 0 Å². The number of oxazole rings is 1. The van der Waals surface area contributed by atoms with Gasteiger partial charge in [0, 0.05) is 0 Å². The zero-order chi connectivity index (χ0) is 14.3. The van der Waals surface area contributed by atoms with Gasteiger partial charge in [-0.1, -0.05) is 0 Å². The molecule has 104 valence electrons. The number of urea groups is 1. The zero-order valence-corrected chi connectivity index (χ0v) is 10.1. The van der Waals surface area contributed by atoms with Crippen LogP contribution >= 0.6 is 0 Å². The molecule has 0 aliphatic rings. The molecule has 0 saturated carbocycles. The molecule has 1 aromatic rings. The predicted molar refractivity (Wildman–Crippen MR) is 60.1 cm³/mol. The molecule has 1 heterocycles. The topological polar surface area (TPSA) is 131 Å². The summed E-state index contributed by atoms with van der Waals surface area (Å²) >= 11 is 0. The SMILES string of the molecule is Cc1cnc(CNC(=O)NC(=O)COCC(=O)O)o1. The Bertz CT molecular complexity index is 470. The number of nitrogens with zero attached hydrogens (tertiary/aromatic N) is 1. The van der Waals surface area contributed by atoms with E-state index < -0.39 is 31.1 Å². The van der Waals surface area contributed by atoms with Crippen molar-refractivity contribution in [3.05, 3.63) is 17.8 Å². The van der Waals surface area contributed by atoms with Crippen LogP contribution in [0.5, 0.6) is 0 Å². The van der Waals surface area contributed by atoms with Crippen molar-refractivity contribution in [1.82, 2.24) is 15.6 Å². The fourth-order valence-electron chi connectivity index (χ4n) is 1.08. The molecule has 0 unspecified atom stereocenters. The summed E-state index contributed by atoms with van der Waals surface area (Å²) in [5.41, 5.74) is 0. The van der Waals surface area contributed by atoms with Gasteiger partial charge in [-0.05, 0) is 6.92 Å². The van der Waals surface area contributed by atoms with Gasteiger partial charge in [-0.25, -0.2) is 14.6 Å². The first kappa shape index (κ1) is 14.6.